The van der Waals surface area contributed by atoms with Crippen molar-refractivity contribution < 1.29 is 41.0 Å². The number of aromatic nitrogens is 1. The van der Waals surface area contributed by atoms with E-state index in [1.807, 2.05) is 0 Å². The Morgan fingerprint density at radius 2 is 1.94 bits per heavy atom. The van der Waals surface area contributed by atoms with E-state index in [0.29, 0.717) is 5.56 Å². The molecule has 1 aliphatic rings. The van der Waals surface area contributed by atoms with Crippen LogP contribution in [0.4, 0.5) is 27.8 Å². The Morgan fingerprint density at radius 1 is 1.26 bits per heavy atom. The first-order valence-electron chi connectivity index (χ1n) is 9.98. The minimum Gasteiger partial charge on any atom is -0.489 e. The fourth-order valence-electron chi connectivity index (χ4n) is 3.34. The maximum absolute atomic E-state index is 14.5. The first-order valence-corrected chi connectivity index (χ1v) is 9.98. The molecule has 8 nitrogen and oxygen atoms in total. The highest BCUT2D eigenvalue weighted by molar-refractivity contribution is 5.94. The lowest BCUT2D eigenvalue weighted by molar-refractivity contribution is -0.274. The quantitative estimate of drug-likeness (QED) is 0.581. The SMILES string of the molecule is CNC(=O)c1cnc(N)c(OC[C@H]2CN(C(=O)Cc3ccc(OC(F)(F)F)cc3)CC2(F)F)c1. The molecule has 3 N–H and O–H groups in total. The number of nitrogens with two attached hydrogens (primary N) is 1. The lowest BCUT2D eigenvalue weighted by Gasteiger charge is -2.18. The molecule has 184 valence electrons. The summed E-state index contributed by atoms with van der Waals surface area (Å²) in [6.07, 6.45) is -3.91. The van der Waals surface area contributed by atoms with Crippen molar-refractivity contribution in [2.24, 2.45) is 5.92 Å². The van der Waals surface area contributed by atoms with Crippen LogP contribution in [0.2, 0.25) is 0 Å². The van der Waals surface area contributed by atoms with Gasteiger partial charge in [0.25, 0.3) is 11.8 Å². The Bertz CT molecular complexity index is 1050. The summed E-state index contributed by atoms with van der Waals surface area (Å²) in [5.74, 6) is -6.25. The molecular weight excluding hydrogens is 467 g/mol. The van der Waals surface area contributed by atoms with Gasteiger partial charge in [0.15, 0.2) is 11.6 Å². The summed E-state index contributed by atoms with van der Waals surface area (Å²) in [7, 11) is 1.41. The lowest BCUT2D eigenvalue weighted by atomic mass is 10.1. The van der Waals surface area contributed by atoms with Crippen LogP contribution in [0.1, 0.15) is 15.9 Å². The van der Waals surface area contributed by atoms with Crippen molar-refractivity contribution in [2.45, 2.75) is 18.7 Å². The molecule has 1 fully saturated rings. The van der Waals surface area contributed by atoms with Crippen LogP contribution in [0.3, 0.4) is 0 Å². The third-order valence-electron chi connectivity index (χ3n) is 5.12. The van der Waals surface area contributed by atoms with Crippen molar-refractivity contribution in [3.63, 3.8) is 0 Å². The van der Waals surface area contributed by atoms with Crippen molar-refractivity contribution in [1.29, 1.82) is 0 Å². The summed E-state index contributed by atoms with van der Waals surface area (Å²) in [5.41, 5.74) is 6.17. The average molecular weight is 488 g/mol. The zero-order chi connectivity index (χ0) is 25.1. The largest absolute Gasteiger partial charge is 0.573 e. The van der Waals surface area contributed by atoms with Crippen molar-refractivity contribution in [1.82, 2.24) is 15.2 Å². The molecule has 0 spiro atoms. The lowest BCUT2D eigenvalue weighted by Crippen LogP contribution is -2.33. The number of nitrogens with zero attached hydrogens (tertiary/aromatic N) is 2. The molecule has 0 aliphatic carbocycles. The van der Waals surface area contributed by atoms with Crippen LogP contribution >= 0.6 is 0 Å². The van der Waals surface area contributed by atoms with Gasteiger partial charge in [-0.1, -0.05) is 12.1 Å². The topological polar surface area (TPSA) is 107 Å². The number of benzene rings is 1. The monoisotopic (exact) mass is 488 g/mol. The van der Waals surface area contributed by atoms with E-state index in [4.69, 9.17) is 10.5 Å². The van der Waals surface area contributed by atoms with E-state index in [0.717, 1.165) is 17.0 Å². The number of rotatable bonds is 7. The van der Waals surface area contributed by atoms with Gasteiger partial charge in [-0.25, -0.2) is 13.8 Å². The molecule has 0 bridgehead atoms. The van der Waals surface area contributed by atoms with Crippen LogP contribution in [0, 0.1) is 5.92 Å². The predicted molar refractivity (Wildman–Crippen MR) is 109 cm³/mol. The molecule has 1 aliphatic heterocycles. The van der Waals surface area contributed by atoms with Crippen molar-refractivity contribution in [3.05, 3.63) is 47.7 Å². The molecule has 0 unspecified atom stereocenters. The Kier molecular flexibility index (Phi) is 7.12. The zero-order valence-electron chi connectivity index (χ0n) is 17.9. The minimum absolute atomic E-state index is 0.0390. The number of amides is 2. The van der Waals surface area contributed by atoms with Crippen LogP contribution in [0.5, 0.6) is 11.5 Å². The third kappa shape index (κ3) is 6.23. The highest BCUT2D eigenvalue weighted by Crippen LogP contribution is 2.34. The summed E-state index contributed by atoms with van der Waals surface area (Å²) < 4.78 is 74.9. The van der Waals surface area contributed by atoms with E-state index in [1.54, 1.807) is 0 Å². The molecule has 0 radical (unpaired) electrons. The normalized spacial score (nSPS) is 17.4. The number of anilines is 1. The second kappa shape index (κ2) is 9.69. The van der Waals surface area contributed by atoms with Crippen molar-refractivity contribution in [3.8, 4) is 11.5 Å². The molecule has 1 saturated heterocycles. The van der Waals surface area contributed by atoms with Gasteiger partial charge in [0, 0.05) is 19.8 Å². The Morgan fingerprint density at radius 3 is 2.56 bits per heavy atom. The molecule has 34 heavy (non-hydrogen) atoms. The molecule has 1 aromatic carbocycles. The Balaban J connectivity index is 1.60. The van der Waals surface area contributed by atoms with E-state index in [2.05, 4.69) is 15.0 Å². The smallest absolute Gasteiger partial charge is 0.489 e. The van der Waals surface area contributed by atoms with Crippen LogP contribution in [-0.2, 0) is 11.2 Å². The molecule has 2 aromatic rings. The van der Waals surface area contributed by atoms with Gasteiger partial charge in [0.2, 0.25) is 5.91 Å². The van der Waals surface area contributed by atoms with Gasteiger partial charge in [-0.3, -0.25) is 9.59 Å². The molecule has 2 amide bonds. The highest BCUT2D eigenvalue weighted by atomic mass is 19.4. The summed E-state index contributed by atoms with van der Waals surface area (Å²) in [6.45, 7) is -1.62. The second-order valence-corrected chi connectivity index (χ2v) is 7.60. The molecule has 1 aromatic heterocycles. The fraction of sp³-hybridized carbons (Fsp3) is 0.381. The van der Waals surface area contributed by atoms with E-state index >= 15 is 0 Å². The number of nitrogens with one attached hydrogen (secondary N) is 1. The van der Waals surface area contributed by atoms with E-state index < -0.39 is 48.9 Å². The standard InChI is InChI=1S/C21H21F5N4O4/c1-28-19(32)13-7-16(18(27)29-8-13)33-10-14-9-30(11-20(14,22)23)17(31)6-12-2-4-15(5-3-12)34-21(24,25)26/h2-5,7-8,14H,6,9-11H2,1H3,(H2,27,29)(H,28,32)/t14-/m1/s1. The summed E-state index contributed by atoms with van der Waals surface area (Å²) in [5, 5.41) is 2.39. The number of alkyl halides is 5. The van der Waals surface area contributed by atoms with Gasteiger partial charge in [-0.2, -0.15) is 0 Å². The molecule has 13 heteroatoms. The van der Waals surface area contributed by atoms with Crippen molar-refractivity contribution in [2.75, 3.05) is 32.5 Å². The number of ether oxygens (including phenoxy) is 2. The minimum atomic E-state index is -4.85. The number of hydrogen-bond acceptors (Lipinski definition) is 6. The number of pyridine rings is 1. The van der Waals surface area contributed by atoms with Crippen LogP contribution < -0.4 is 20.5 Å². The number of likely N-dealkylation sites (tertiary alicyclic amines) is 1. The Labute approximate surface area is 190 Å². The molecule has 1 atom stereocenters. The highest BCUT2D eigenvalue weighted by Gasteiger charge is 2.49. The van der Waals surface area contributed by atoms with Gasteiger partial charge in [-0.05, 0) is 23.8 Å². The molecule has 3 rings (SSSR count). The van der Waals surface area contributed by atoms with Crippen LogP contribution in [0.15, 0.2) is 36.5 Å². The zero-order valence-corrected chi connectivity index (χ0v) is 17.9. The Hall–Kier alpha value is -3.64. The number of halogens is 5. The van der Waals surface area contributed by atoms with E-state index in [-0.39, 0.29) is 30.1 Å². The first kappa shape index (κ1) is 25.0. The maximum Gasteiger partial charge on any atom is 0.573 e. The van der Waals surface area contributed by atoms with Gasteiger partial charge < -0.3 is 25.4 Å². The number of hydrogen-bond donors (Lipinski definition) is 2. The maximum atomic E-state index is 14.5. The summed E-state index contributed by atoms with van der Waals surface area (Å²) in [4.78, 5) is 29.0. The number of carbonyl (C=O) groups excluding carboxylic acids is 2. The molecule has 2 heterocycles. The van der Waals surface area contributed by atoms with Gasteiger partial charge >= 0.3 is 6.36 Å². The van der Waals surface area contributed by atoms with Gasteiger partial charge in [0.05, 0.1) is 31.1 Å². The second-order valence-electron chi connectivity index (χ2n) is 7.60. The van der Waals surface area contributed by atoms with E-state index in [9.17, 15) is 31.5 Å². The fourth-order valence-corrected chi connectivity index (χ4v) is 3.34. The summed E-state index contributed by atoms with van der Waals surface area (Å²) in [6, 6.07) is 5.86. The number of carbonyl (C=O) groups is 2. The number of nitrogen functional groups attached to an aromatic ring is 1. The van der Waals surface area contributed by atoms with Crippen molar-refractivity contribution >= 4 is 17.6 Å². The first-order chi connectivity index (χ1) is 15.9. The molecular formula is C21H21F5N4O4. The van der Waals surface area contributed by atoms with E-state index in [1.165, 1.54) is 31.4 Å². The van der Waals surface area contributed by atoms with Gasteiger partial charge in [0.1, 0.15) is 5.75 Å². The van der Waals surface area contributed by atoms with Gasteiger partial charge in [-0.15, -0.1) is 13.2 Å². The van der Waals surface area contributed by atoms with Crippen LogP contribution in [0.25, 0.3) is 0 Å². The van der Waals surface area contributed by atoms with Crippen LogP contribution in [-0.4, -0.2) is 60.7 Å². The predicted octanol–water partition coefficient (Wildman–Crippen LogP) is 2.64. The average Bonchev–Trinajstić information content (AvgIpc) is 3.07. The third-order valence-corrected chi connectivity index (χ3v) is 5.12. The molecule has 0 saturated carbocycles. The summed E-state index contributed by atoms with van der Waals surface area (Å²) >= 11 is 0.